The molecule has 6 heteroatoms. The van der Waals surface area contributed by atoms with Crippen molar-refractivity contribution in [3.05, 3.63) is 0 Å². The highest BCUT2D eigenvalue weighted by atomic mass is 16.7. The van der Waals surface area contributed by atoms with Crippen LogP contribution >= 0.6 is 0 Å². The average Bonchev–Trinajstić information content (AvgIpc) is 3.17. The predicted molar refractivity (Wildman–Crippen MR) is 73.0 cm³/mol. The van der Waals surface area contributed by atoms with Gasteiger partial charge in [0.1, 0.15) is 6.04 Å². The summed E-state index contributed by atoms with van der Waals surface area (Å²) in [6, 6.07) is -0.142. The lowest BCUT2D eigenvalue weighted by Crippen LogP contribution is -2.16. The van der Waals surface area contributed by atoms with Crippen molar-refractivity contribution in [2.45, 2.75) is 52.5 Å². The van der Waals surface area contributed by atoms with E-state index in [1.165, 1.54) is 0 Å². The van der Waals surface area contributed by atoms with Crippen LogP contribution < -0.4 is 5.90 Å². The first-order valence-corrected chi connectivity index (χ1v) is 7.09. The Morgan fingerprint density at radius 3 is 2.32 bits per heavy atom. The van der Waals surface area contributed by atoms with Crippen molar-refractivity contribution in [1.82, 2.24) is 5.06 Å². The van der Waals surface area contributed by atoms with E-state index in [0.717, 1.165) is 25.7 Å². The first kappa shape index (κ1) is 18.3. The van der Waals surface area contributed by atoms with E-state index in [1.54, 1.807) is 5.06 Å². The van der Waals surface area contributed by atoms with Crippen molar-refractivity contribution >= 4 is 5.97 Å². The third-order valence-corrected chi connectivity index (χ3v) is 2.50. The second-order valence-corrected chi connectivity index (χ2v) is 4.28. The van der Waals surface area contributed by atoms with Gasteiger partial charge in [0.05, 0.1) is 26.4 Å². The van der Waals surface area contributed by atoms with Gasteiger partial charge in [-0.1, -0.05) is 26.7 Å². The van der Waals surface area contributed by atoms with Gasteiger partial charge in [0.2, 0.25) is 0 Å². The molecule has 1 rings (SSSR count). The van der Waals surface area contributed by atoms with Crippen molar-refractivity contribution in [2.75, 3.05) is 26.4 Å². The lowest BCUT2D eigenvalue weighted by molar-refractivity contribution is -0.150. The van der Waals surface area contributed by atoms with E-state index in [-0.39, 0.29) is 12.0 Å². The maximum Gasteiger partial charge on any atom is 0.327 e. The van der Waals surface area contributed by atoms with Crippen LogP contribution in [0.25, 0.3) is 0 Å². The minimum absolute atomic E-state index is 0.142. The molecule has 0 saturated carbocycles. The van der Waals surface area contributed by atoms with Crippen molar-refractivity contribution < 1.29 is 19.2 Å². The van der Waals surface area contributed by atoms with Crippen LogP contribution in [0.1, 0.15) is 46.5 Å². The Balaban J connectivity index is 0.000000459. The Morgan fingerprint density at radius 2 is 1.84 bits per heavy atom. The van der Waals surface area contributed by atoms with Crippen LogP contribution in [0.15, 0.2) is 0 Å². The molecule has 0 aromatic heterocycles. The standard InChI is InChI=1S/C9H17NO3.C4H11NO/c1-3-5-6-13-10-7-8(10)9(11)12-4-2;1-2-3-4-6-5/h8H,3-7H2,1-2H3;2-5H2,1H3. The summed E-state index contributed by atoms with van der Waals surface area (Å²) in [5.74, 6) is 4.55. The summed E-state index contributed by atoms with van der Waals surface area (Å²) in [4.78, 5) is 20.7. The van der Waals surface area contributed by atoms with Crippen molar-refractivity contribution in [3.63, 3.8) is 0 Å². The number of rotatable bonds is 9. The molecule has 6 nitrogen and oxygen atoms in total. The molecule has 2 unspecified atom stereocenters. The highest BCUT2D eigenvalue weighted by Gasteiger charge is 2.43. The van der Waals surface area contributed by atoms with Crippen molar-refractivity contribution in [1.29, 1.82) is 0 Å². The zero-order valence-corrected chi connectivity index (χ0v) is 12.4. The lowest BCUT2D eigenvalue weighted by atomic mass is 10.4. The van der Waals surface area contributed by atoms with Crippen LogP contribution in [0.5, 0.6) is 0 Å². The summed E-state index contributed by atoms with van der Waals surface area (Å²) >= 11 is 0. The number of hydrogen-bond acceptors (Lipinski definition) is 6. The fourth-order valence-corrected chi connectivity index (χ4v) is 1.25. The third-order valence-electron chi connectivity index (χ3n) is 2.50. The van der Waals surface area contributed by atoms with Crippen LogP contribution in [0.3, 0.4) is 0 Å². The molecule has 2 atom stereocenters. The Labute approximate surface area is 116 Å². The van der Waals surface area contributed by atoms with Crippen LogP contribution in [-0.2, 0) is 19.2 Å². The number of hydroxylamine groups is 2. The highest BCUT2D eigenvalue weighted by molar-refractivity contribution is 5.78. The minimum Gasteiger partial charge on any atom is -0.465 e. The van der Waals surface area contributed by atoms with E-state index in [0.29, 0.717) is 26.4 Å². The van der Waals surface area contributed by atoms with Crippen LogP contribution in [0, 0.1) is 0 Å². The molecule has 1 saturated heterocycles. The fraction of sp³-hybridized carbons (Fsp3) is 0.923. The molecule has 1 aliphatic heterocycles. The van der Waals surface area contributed by atoms with Gasteiger partial charge in [-0.25, -0.2) is 5.90 Å². The lowest BCUT2D eigenvalue weighted by Gasteiger charge is -2.03. The molecule has 0 aromatic carbocycles. The Bertz CT molecular complexity index is 223. The average molecular weight is 276 g/mol. The van der Waals surface area contributed by atoms with Gasteiger partial charge in [0.25, 0.3) is 0 Å². The van der Waals surface area contributed by atoms with E-state index < -0.39 is 0 Å². The topological polar surface area (TPSA) is 73.8 Å². The molecule has 114 valence electrons. The van der Waals surface area contributed by atoms with Gasteiger partial charge in [-0.2, -0.15) is 5.06 Å². The number of ether oxygens (including phenoxy) is 1. The molecule has 1 fully saturated rings. The molecule has 2 N–H and O–H groups in total. The Hall–Kier alpha value is -0.690. The summed E-state index contributed by atoms with van der Waals surface area (Å²) < 4.78 is 4.84. The Morgan fingerprint density at radius 1 is 1.21 bits per heavy atom. The van der Waals surface area contributed by atoms with Crippen LogP contribution in [0.2, 0.25) is 0 Å². The molecule has 0 aliphatic carbocycles. The second kappa shape index (κ2) is 12.3. The van der Waals surface area contributed by atoms with E-state index >= 15 is 0 Å². The van der Waals surface area contributed by atoms with Crippen molar-refractivity contribution in [3.8, 4) is 0 Å². The molecule has 0 radical (unpaired) electrons. The third kappa shape index (κ3) is 9.84. The fourth-order valence-electron chi connectivity index (χ4n) is 1.25. The van der Waals surface area contributed by atoms with Gasteiger partial charge in [-0.3, -0.25) is 9.63 Å². The smallest absolute Gasteiger partial charge is 0.327 e. The number of carbonyl (C=O) groups excluding carboxylic acids is 1. The molecule has 0 aromatic rings. The number of hydrogen-bond donors (Lipinski definition) is 1. The first-order chi connectivity index (χ1) is 9.21. The number of esters is 1. The van der Waals surface area contributed by atoms with Gasteiger partial charge in [-0.05, 0) is 19.8 Å². The maximum atomic E-state index is 11.1. The monoisotopic (exact) mass is 276 g/mol. The molecule has 0 spiro atoms. The minimum atomic E-state index is -0.168. The molecule has 0 amide bonds. The first-order valence-electron chi connectivity index (χ1n) is 7.09. The van der Waals surface area contributed by atoms with E-state index in [4.69, 9.17) is 15.5 Å². The van der Waals surface area contributed by atoms with Crippen molar-refractivity contribution in [2.24, 2.45) is 5.90 Å². The summed E-state index contributed by atoms with van der Waals surface area (Å²) in [5.41, 5.74) is 0. The summed E-state index contributed by atoms with van der Waals surface area (Å²) in [7, 11) is 0. The number of nitrogens with two attached hydrogens (primary N) is 1. The largest absolute Gasteiger partial charge is 0.465 e. The quantitative estimate of drug-likeness (QED) is 0.299. The number of nitrogens with zero attached hydrogens (tertiary/aromatic N) is 1. The summed E-state index contributed by atoms with van der Waals surface area (Å²) in [6.45, 7) is 8.53. The van der Waals surface area contributed by atoms with Gasteiger partial charge >= 0.3 is 5.97 Å². The zero-order valence-electron chi connectivity index (χ0n) is 12.4. The molecule has 1 heterocycles. The van der Waals surface area contributed by atoms with Gasteiger partial charge in [-0.15, -0.1) is 0 Å². The normalized spacial score (nSPS) is 20.4. The van der Waals surface area contributed by atoms with Crippen LogP contribution in [0.4, 0.5) is 0 Å². The summed E-state index contributed by atoms with van der Waals surface area (Å²) in [5, 5.41) is 1.67. The summed E-state index contributed by atoms with van der Waals surface area (Å²) in [6.07, 6.45) is 4.36. The maximum absolute atomic E-state index is 11.1. The second-order valence-electron chi connectivity index (χ2n) is 4.28. The Kier molecular flexibility index (Phi) is 11.9. The van der Waals surface area contributed by atoms with E-state index in [1.807, 2.05) is 6.92 Å². The van der Waals surface area contributed by atoms with Gasteiger partial charge in [0, 0.05) is 0 Å². The van der Waals surface area contributed by atoms with E-state index in [2.05, 4.69) is 18.7 Å². The molecular formula is C13H28N2O4. The SMILES string of the molecule is CCCCON.CCCCON1CC1C(=O)OCC. The van der Waals surface area contributed by atoms with E-state index in [9.17, 15) is 4.79 Å². The highest BCUT2D eigenvalue weighted by Crippen LogP contribution is 2.19. The molecular weight excluding hydrogens is 248 g/mol. The van der Waals surface area contributed by atoms with Gasteiger partial charge < -0.3 is 9.57 Å². The number of unbranched alkanes of at least 4 members (excludes halogenated alkanes) is 2. The molecule has 19 heavy (non-hydrogen) atoms. The molecule has 1 aliphatic rings. The van der Waals surface area contributed by atoms with Crippen LogP contribution in [-0.4, -0.2) is 43.4 Å². The zero-order chi connectivity index (χ0) is 14.5. The van der Waals surface area contributed by atoms with Gasteiger partial charge in [0.15, 0.2) is 0 Å². The predicted octanol–water partition coefficient (Wildman–Crippen LogP) is 1.64. The molecule has 0 bridgehead atoms. The number of carbonyl (C=O) groups is 1.